The summed E-state index contributed by atoms with van der Waals surface area (Å²) in [6.07, 6.45) is 0. The number of anilines is 1. The van der Waals surface area contributed by atoms with Crippen molar-refractivity contribution in [1.82, 2.24) is 0 Å². The van der Waals surface area contributed by atoms with Gasteiger partial charge in [-0.2, -0.15) is 0 Å². The van der Waals surface area contributed by atoms with E-state index < -0.39 is 10.0 Å². The normalized spacial score (nSPS) is 11.5. The van der Waals surface area contributed by atoms with Gasteiger partial charge in [-0.25, -0.2) is 8.42 Å². The molecule has 0 spiro atoms. The molecule has 0 bridgehead atoms. The van der Waals surface area contributed by atoms with Crippen LogP contribution in [-0.2, 0) is 10.0 Å². The second-order valence-electron chi connectivity index (χ2n) is 3.79. The highest BCUT2D eigenvalue weighted by atomic mass is 79.9. The molecule has 1 heterocycles. The van der Waals surface area contributed by atoms with E-state index in [-0.39, 0.29) is 15.6 Å². The van der Waals surface area contributed by atoms with Gasteiger partial charge in [-0.15, -0.1) is 11.3 Å². The second-order valence-corrected chi connectivity index (χ2v) is 8.50. The maximum absolute atomic E-state index is 12.2. The molecule has 0 aliphatic heterocycles. The van der Waals surface area contributed by atoms with Gasteiger partial charge in [-0.3, -0.25) is 4.72 Å². The van der Waals surface area contributed by atoms with Crippen LogP contribution in [0, 0.1) is 6.92 Å². The van der Waals surface area contributed by atoms with Gasteiger partial charge in [0.15, 0.2) is 0 Å². The maximum atomic E-state index is 12.2. The lowest BCUT2D eigenvalue weighted by Gasteiger charge is -2.08. The molecule has 0 unspecified atom stereocenters. The zero-order valence-electron chi connectivity index (χ0n) is 9.65. The molecule has 0 saturated carbocycles. The van der Waals surface area contributed by atoms with Crippen LogP contribution in [0.25, 0.3) is 0 Å². The van der Waals surface area contributed by atoms with E-state index in [4.69, 9.17) is 11.6 Å². The highest BCUT2D eigenvalue weighted by molar-refractivity contribution is 9.11. The number of nitrogens with one attached hydrogen (secondary N) is 1. The van der Waals surface area contributed by atoms with Crippen LogP contribution >= 0.6 is 38.9 Å². The molecule has 0 amide bonds. The summed E-state index contributed by atoms with van der Waals surface area (Å²) in [4.78, 5) is 0. The molecular weight excluding hydrogens is 374 g/mol. The summed E-state index contributed by atoms with van der Waals surface area (Å²) in [6, 6.07) is 5.71. The first-order valence-electron chi connectivity index (χ1n) is 5.07. The van der Waals surface area contributed by atoms with Crippen LogP contribution in [-0.4, -0.2) is 13.5 Å². The first kappa shape index (κ1) is 14.6. The summed E-state index contributed by atoms with van der Waals surface area (Å²) >= 11 is 10.1. The number of hydrogen-bond acceptors (Lipinski definition) is 4. The van der Waals surface area contributed by atoms with Crippen LogP contribution in [0.5, 0.6) is 5.75 Å². The van der Waals surface area contributed by atoms with Gasteiger partial charge >= 0.3 is 0 Å². The van der Waals surface area contributed by atoms with Crippen LogP contribution < -0.4 is 4.72 Å². The highest BCUT2D eigenvalue weighted by Gasteiger charge is 2.19. The predicted octanol–water partition coefficient (Wildman–Crippen LogP) is 3.98. The van der Waals surface area contributed by atoms with Crippen LogP contribution in [0.2, 0.25) is 5.02 Å². The lowest BCUT2D eigenvalue weighted by molar-refractivity contribution is 0.477. The minimum Gasteiger partial charge on any atom is -0.506 e. The summed E-state index contributed by atoms with van der Waals surface area (Å²) in [5.41, 5.74) is 0.885. The van der Waals surface area contributed by atoms with E-state index in [1.165, 1.54) is 18.2 Å². The smallest absolute Gasteiger partial charge is 0.271 e. The third-order valence-electron chi connectivity index (χ3n) is 2.30. The third-order valence-corrected chi connectivity index (χ3v) is 6.51. The summed E-state index contributed by atoms with van der Waals surface area (Å²) < 4.78 is 27.5. The molecule has 8 heteroatoms. The van der Waals surface area contributed by atoms with Crippen molar-refractivity contribution in [2.45, 2.75) is 11.1 Å². The summed E-state index contributed by atoms with van der Waals surface area (Å²) in [5, 5.41) is 9.95. The minimum absolute atomic E-state index is 0.0506. The van der Waals surface area contributed by atoms with Crippen molar-refractivity contribution in [3.8, 4) is 5.75 Å². The maximum Gasteiger partial charge on any atom is 0.271 e. The van der Waals surface area contributed by atoms with Gasteiger partial charge in [0.1, 0.15) is 9.96 Å². The molecular formula is C11H9BrClNO3S2. The lowest BCUT2D eigenvalue weighted by atomic mass is 10.3. The number of aromatic hydroxyl groups is 1. The van der Waals surface area contributed by atoms with Gasteiger partial charge in [0.2, 0.25) is 0 Å². The van der Waals surface area contributed by atoms with Crippen LogP contribution in [0.15, 0.2) is 32.3 Å². The SMILES string of the molecule is Cc1cc(S(=O)(=O)Nc2cc(Cl)ccc2O)sc1Br. The van der Waals surface area contributed by atoms with Crippen LogP contribution in [0.4, 0.5) is 5.69 Å². The Balaban J connectivity index is 2.39. The molecule has 0 aliphatic carbocycles. The fourth-order valence-corrected chi connectivity index (χ4v) is 4.81. The van der Waals surface area contributed by atoms with Crippen molar-refractivity contribution in [2.24, 2.45) is 0 Å². The Kier molecular flexibility index (Phi) is 4.10. The Morgan fingerprint density at radius 1 is 1.37 bits per heavy atom. The van der Waals surface area contributed by atoms with Crippen LogP contribution in [0.1, 0.15) is 5.56 Å². The van der Waals surface area contributed by atoms with Crippen molar-refractivity contribution < 1.29 is 13.5 Å². The highest BCUT2D eigenvalue weighted by Crippen LogP contribution is 2.33. The van der Waals surface area contributed by atoms with E-state index in [1.54, 1.807) is 13.0 Å². The van der Waals surface area contributed by atoms with Crippen molar-refractivity contribution in [3.63, 3.8) is 0 Å². The molecule has 19 heavy (non-hydrogen) atoms. The van der Waals surface area contributed by atoms with Gasteiger partial charge in [0.25, 0.3) is 10.0 Å². The van der Waals surface area contributed by atoms with Gasteiger partial charge in [-0.05, 0) is 52.7 Å². The summed E-state index contributed by atoms with van der Waals surface area (Å²) in [7, 11) is -3.73. The number of thiophene rings is 1. The molecule has 1 aromatic heterocycles. The summed E-state index contributed by atoms with van der Waals surface area (Å²) in [6.45, 7) is 1.80. The van der Waals surface area contributed by atoms with E-state index in [0.717, 1.165) is 20.7 Å². The second kappa shape index (κ2) is 5.32. The number of phenols is 1. The first-order valence-corrected chi connectivity index (χ1v) is 8.54. The number of aryl methyl sites for hydroxylation is 1. The molecule has 0 atom stereocenters. The third kappa shape index (κ3) is 3.22. The van der Waals surface area contributed by atoms with Crippen molar-refractivity contribution in [3.05, 3.63) is 38.6 Å². The molecule has 0 radical (unpaired) electrons. The molecule has 102 valence electrons. The standard InChI is InChI=1S/C11H9BrClNO3S2/c1-6-4-10(18-11(6)12)19(16,17)14-8-5-7(13)2-3-9(8)15/h2-5,14-15H,1H3. The molecule has 0 aliphatic rings. The molecule has 2 rings (SSSR count). The predicted molar refractivity (Wildman–Crippen MR) is 80.7 cm³/mol. The Morgan fingerprint density at radius 3 is 2.63 bits per heavy atom. The quantitative estimate of drug-likeness (QED) is 0.789. The van der Waals surface area contributed by atoms with E-state index in [0.29, 0.717) is 5.02 Å². The molecule has 0 fully saturated rings. The zero-order valence-corrected chi connectivity index (χ0v) is 13.6. The van der Waals surface area contributed by atoms with Gasteiger partial charge in [0, 0.05) is 5.02 Å². The molecule has 2 N–H and O–H groups in total. The fraction of sp³-hybridized carbons (Fsp3) is 0.0909. The largest absolute Gasteiger partial charge is 0.506 e. The van der Waals surface area contributed by atoms with Crippen molar-refractivity contribution >= 4 is 54.6 Å². The Bertz CT molecular complexity index is 708. The number of sulfonamides is 1. The average Bonchev–Trinajstić information content (AvgIpc) is 2.65. The summed E-state index contributed by atoms with van der Waals surface area (Å²) in [5.74, 6) is -0.180. The first-order chi connectivity index (χ1) is 8.79. The van der Waals surface area contributed by atoms with E-state index in [2.05, 4.69) is 20.7 Å². The number of phenolic OH excluding ortho intramolecular Hbond substituents is 1. The number of halogens is 2. The fourth-order valence-electron chi connectivity index (χ4n) is 1.35. The Morgan fingerprint density at radius 2 is 2.05 bits per heavy atom. The van der Waals surface area contributed by atoms with Gasteiger partial charge < -0.3 is 5.11 Å². The zero-order chi connectivity index (χ0) is 14.2. The molecule has 1 aromatic carbocycles. The molecule has 2 aromatic rings. The minimum atomic E-state index is -3.73. The van der Waals surface area contributed by atoms with Gasteiger partial charge in [-0.1, -0.05) is 11.6 Å². The van der Waals surface area contributed by atoms with Crippen molar-refractivity contribution in [2.75, 3.05) is 4.72 Å². The van der Waals surface area contributed by atoms with Crippen molar-refractivity contribution in [1.29, 1.82) is 0 Å². The average molecular weight is 383 g/mol. The van der Waals surface area contributed by atoms with Gasteiger partial charge in [0.05, 0.1) is 9.47 Å². The topological polar surface area (TPSA) is 66.4 Å². The number of benzene rings is 1. The Labute approximate surface area is 128 Å². The van der Waals surface area contributed by atoms with E-state index in [1.807, 2.05) is 0 Å². The monoisotopic (exact) mass is 381 g/mol. The lowest BCUT2D eigenvalue weighted by Crippen LogP contribution is -2.11. The Hall–Kier alpha value is -0.760. The van der Waals surface area contributed by atoms with E-state index in [9.17, 15) is 13.5 Å². The molecule has 4 nitrogen and oxygen atoms in total. The number of rotatable bonds is 3. The number of hydrogen-bond donors (Lipinski definition) is 2. The van der Waals surface area contributed by atoms with E-state index >= 15 is 0 Å². The van der Waals surface area contributed by atoms with Crippen LogP contribution in [0.3, 0.4) is 0 Å². The molecule has 0 saturated heterocycles.